The van der Waals surface area contributed by atoms with Gasteiger partial charge in [0, 0.05) is 34.8 Å². The van der Waals surface area contributed by atoms with Crippen molar-refractivity contribution in [1.82, 2.24) is 4.98 Å². The maximum absolute atomic E-state index is 6.07. The normalized spacial score (nSPS) is 12.9. The van der Waals surface area contributed by atoms with Crippen LogP contribution in [0.1, 0.15) is 27.2 Å². The van der Waals surface area contributed by atoms with Crippen molar-refractivity contribution in [2.24, 2.45) is 5.92 Å². The van der Waals surface area contributed by atoms with Crippen LogP contribution in [0.25, 0.3) is 10.9 Å². The van der Waals surface area contributed by atoms with Crippen LogP contribution in [0.5, 0.6) is 0 Å². The summed E-state index contributed by atoms with van der Waals surface area (Å²) < 4.78 is 0.951. The molecule has 0 aliphatic heterocycles. The molecule has 4 heteroatoms. The molecule has 0 spiro atoms. The first-order chi connectivity index (χ1) is 9.40. The first-order valence-electron chi connectivity index (χ1n) is 6.96. The van der Waals surface area contributed by atoms with Gasteiger partial charge in [0.05, 0.1) is 11.2 Å². The molecular formula is C16H22BrN3. The number of nitrogens with zero attached hydrogens (tertiary/aromatic N) is 2. The summed E-state index contributed by atoms with van der Waals surface area (Å²) >= 11 is 3.46. The van der Waals surface area contributed by atoms with Crippen LogP contribution >= 0.6 is 15.9 Å². The second-order valence-electron chi connectivity index (χ2n) is 5.81. The molecule has 3 nitrogen and oxygen atoms in total. The molecule has 108 valence electrons. The zero-order valence-electron chi connectivity index (χ0n) is 12.5. The summed E-state index contributed by atoms with van der Waals surface area (Å²) in [5.41, 5.74) is 8.94. The third-order valence-corrected chi connectivity index (χ3v) is 4.12. The molecule has 0 saturated carbocycles. The number of halogens is 1. The highest BCUT2D eigenvalue weighted by Gasteiger charge is 2.15. The van der Waals surface area contributed by atoms with Crippen molar-refractivity contribution in [3.8, 4) is 0 Å². The summed E-state index contributed by atoms with van der Waals surface area (Å²) in [4.78, 5) is 6.85. The molecule has 1 heterocycles. The van der Waals surface area contributed by atoms with Gasteiger partial charge in [0.2, 0.25) is 0 Å². The van der Waals surface area contributed by atoms with Gasteiger partial charge in [-0.3, -0.25) is 4.98 Å². The van der Waals surface area contributed by atoms with Crippen molar-refractivity contribution in [3.05, 3.63) is 28.9 Å². The molecular weight excluding hydrogens is 314 g/mol. The van der Waals surface area contributed by atoms with E-state index in [4.69, 9.17) is 5.73 Å². The van der Waals surface area contributed by atoms with E-state index in [0.29, 0.717) is 12.0 Å². The van der Waals surface area contributed by atoms with Crippen LogP contribution in [-0.2, 0) is 0 Å². The van der Waals surface area contributed by atoms with E-state index in [0.717, 1.165) is 33.2 Å². The van der Waals surface area contributed by atoms with Crippen LogP contribution in [0.4, 0.5) is 11.4 Å². The van der Waals surface area contributed by atoms with Gasteiger partial charge in [0.15, 0.2) is 0 Å². The molecule has 0 aliphatic carbocycles. The summed E-state index contributed by atoms with van der Waals surface area (Å²) in [5.74, 6) is 0.676. The molecule has 0 saturated heterocycles. The topological polar surface area (TPSA) is 42.1 Å². The van der Waals surface area contributed by atoms with E-state index in [1.54, 1.807) is 0 Å². The average Bonchev–Trinajstić information content (AvgIpc) is 2.38. The summed E-state index contributed by atoms with van der Waals surface area (Å²) in [6, 6.07) is 6.52. The standard InChI is InChI=1S/C16H22BrN3/c1-10(2)7-11(3)20(4)15-6-5-14(18)13-8-12(17)9-19-16(13)15/h5-6,8-11H,7,18H2,1-4H3. The van der Waals surface area contributed by atoms with Gasteiger partial charge >= 0.3 is 0 Å². The molecule has 2 N–H and O–H groups in total. The minimum atomic E-state index is 0.465. The van der Waals surface area contributed by atoms with Gasteiger partial charge in [0.1, 0.15) is 0 Å². The Bertz CT molecular complexity index is 610. The Kier molecular flexibility index (Phi) is 4.53. The van der Waals surface area contributed by atoms with Crippen LogP contribution < -0.4 is 10.6 Å². The predicted molar refractivity (Wildman–Crippen MR) is 91.2 cm³/mol. The number of hydrogen-bond acceptors (Lipinski definition) is 3. The third kappa shape index (κ3) is 3.06. The number of nitrogen functional groups attached to an aromatic ring is 1. The highest BCUT2D eigenvalue weighted by molar-refractivity contribution is 9.10. The molecule has 0 radical (unpaired) electrons. The summed E-state index contributed by atoms with van der Waals surface area (Å²) in [7, 11) is 2.13. The van der Waals surface area contributed by atoms with Gasteiger partial charge in [-0.1, -0.05) is 13.8 Å². The molecule has 2 aromatic rings. The van der Waals surface area contributed by atoms with Crippen LogP contribution in [0, 0.1) is 5.92 Å². The van der Waals surface area contributed by atoms with Gasteiger partial charge in [-0.05, 0) is 53.4 Å². The Hall–Kier alpha value is -1.29. The van der Waals surface area contributed by atoms with Gasteiger partial charge in [-0.2, -0.15) is 0 Å². The van der Waals surface area contributed by atoms with E-state index in [1.807, 2.05) is 18.3 Å². The van der Waals surface area contributed by atoms with Crippen molar-refractivity contribution < 1.29 is 0 Å². The Morgan fingerprint density at radius 3 is 2.65 bits per heavy atom. The van der Waals surface area contributed by atoms with E-state index in [1.165, 1.54) is 0 Å². The summed E-state index contributed by atoms with van der Waals surface area (Å²) in [5, 5.41) is 1.00. The zero-order valence-corrected chi connectivity index (χ0v) is 14.1. The highest BCUT2D eigenvalue weighted by Crippen LogP contribution is 2.32. The molecule has 1 aromatic heterocycles. The van der Waals surface area contributed by atoms with E-state index < -0.39 is 0 Å². The SMILES string of the molecule is CC(C)CC(C)N(C)c1ccc(N)c2cc(Br)cnc12. The molecule has 1 unspecified atom stereocenters. The van der Waals surface area contributed by atoms with Crippen LogP contribution in [0.2, 0.25) is 0 Å². The van der Waals surface area contributed by atoms with Gasteiger partial charge in [-0.15, -0.1) is 0 Å². The second-order valence-corrected chi connectivity index (χ2v) is 6.73. The number of anilines is 2. The fraction of sp³-hybridized carbons (Fsp3) is 0.438. The lowest BCUT2D eigenvalue weighted by molar-refractivity contribution is 0.504. The number of fused-ring (bicyclic) bond motifs is 1. The Morgan fingerprint density at radius 1 is 1.30 bits per heavy atom. The fourth-order valence-electron chi connectivity index (χ4n) is 2.56. The van der Waals surface area contributed by atoms with E-state index in [9.17, 15) is 0 Å². The Labute approximate surface area is 129 Å². The number of pyridine rings is 1. The van der Waals surface area contributed by atoms with E-state index >= 15 is 0 Å². The molecule has 20 heavy (non-hydrogen) atoms. The smallest absolute Gasteiger partial charge is 0.0956 e. The fourth-order valence-corrected chi connectivity index (χ4v) is 2.89. The number of aromatic nitrogens is 1. The molecule has 0 aliphatic rings. The monoisotopic (exact) mass is 335 g/mol. The second kappa shape index (κ2) is 6.00. The molecule has 1 atom stereocenters. The van der Waals surface area contributed by atoms with E-state index in [-0.39, 0.29) is 0 Å². The minimum absolute atomic E-state index is 0.465. The first kappa shape index (κ1) is 15.1. The summed E-state index contributed by atoms with van der Waals surface area (Å²) in [6.07, 6.45) is 2.98. The average molecular weight is 336 g/mol. The summed E-state index contributed by atoms with van der Waals surface area (Å²) in [6.45, 7) is 6.75. The van der Waals surface area contributed by atoms with Gasteiger partial charge in [0.25, 0.3) is 0 Å². The van der Waals surface area contributed by atoms with E-state index in [2.05, 4.69) is 59.7 Å². The van der Waals surface area contributed by atoms with Crippen molar-refractivity contribution in [2.75, 3.05) is 17.7 Å². The van der Waals surface area contributed by atoms with Gasteiger partial charge in [-0.25, -0.2) is 0 Å². The minimum Gasteiger partial charge on any atom is -0.398 e. The maximum atomic E-state index is 6.07. The number of nitrogens with two attached hydrogens (primary N) is 1. The quantitative estimate of drug-likeness (QED) is 0.839. The van der Waals surface area contributed by atoms with Crippen LogP contribution in [0.15, 0.2) is 28.9 Å². The predicted octanol–water partition coefficient (Wildman–Crippen LogP) is 4.45. The van der Waals surface area contributed by atoms with Crippen molar-refractivity contribution in [3.63, 3.8) is 0 Å². The molecule has 0 amide bonds. The highest BCUT2D eigenvalue weighted by atomic mass is 79.9. The molecule has 0 fully saturated rings. The third-order valence-electron chi connectivity index (χ3n) is 3.68. The Balaban J connectivity index is 2.47. The van der Waals surface area contributed by atoms with Gasteiger partial charge < -0.3 is 10.6 Å². The van der Waals surface area contributed by atoms with Crippen molar-refractivity contribution in [1.29, 1.82) is 0 Å². The largest absolute Gasteiger partial charge is 0.398 e. The lowest BCUT2D eigenvalue weighted by atomic mass is 10.0. The number of hydrogen-bond donors (Lipinski definition) is 1. The molecule has 2 rings (SSSR count). The van der Waals surface area contributed by atoms with Crippen molar-refractivity contribution in [2.45, 2.75) is 33.2 Å². The lowest BCUT2D eigenvalue weighted by Gasteiger charge is -2.29. The first-order valence-corrected chi connectivity index (χ1v) is 7.76. The van der Waals surface area contributed by atoms with Crippen LogP contribution in [0.3, 0.4) is 0 Å². The zero-order chi connectivity index (χ0) is 14.9. The van der Waals surface area contributed by atoms with Crippen molar-refractivity contribution >= 4 is 38.2 Å². The molecule has 0 bridgehead atoms. The number of benzene rings is 1. The maximum Gasteiger partial charge on any atom is 0.0956 e. The van der Waals surface area contributed by atoms with Crippen LogP contribution in [-0.4, -0.2) is 18.1 Å². The number of rotatable bonds is 4. The lowest BCUT2D eigenvalue weighted by Crippen LogP contribution is -2.30. The Morgan fingerprint density at radius 2 is 2.00 bits per heavy atom. The molecule has 1 aromatic carbocycles.